The van der Waals surface area contributed by atoms with Crippen molar-refractivity contribution in [2.75, 3.05) is 26.7 Å². The zero-order valence-corrected chi connectivity index (χ0v) is 10.4. The molecule has 0 saturated carbocycles. The summed E-state index contributed by atoms with van der Waals surface area (Å²) < 4.78 is 5.49. The molecule has 0 aromatic rings. The minimum absolute atomic E-state index is 0.204. The van der Waals surface area contributed by atoms with Crippen molar-refractivity contribution in [1.29, 1.82) is 0 Å². The molecule has 1 aliphatic heterocycles. The van der Waals surface area contributed by atoms with E-state index < -0.39 is 0 Å². The molecule has 1 saturated heterocycles. The number of amides is 1. The van der Waals surface area contributed by atoms with Crippen LogP contribution in [0.4, 0.5) is 0 Å². The molecular weight excluding hydrogens is 204 g/mol. The number of hydrogen-bond donors (Lipinski definition) is 1. The Morgan fingerprint density at radius 2 is 2.38 bits per heavy atom. The van der Waals surface area contributed by atoms with Crippen LogP contribution in [0.15, 0.2) is 0 Å². The Hall–Kier alpha value is -0.610. The highest BCUT2D eigenvalue weighted by Gasteiger charge is 2.18. The van der Waals surface area contributed by atoms with Crippen LogP contribution >= 0.6 is 0 Å². The molecular formula is C12H24N2O2. The first-order valence-corrected chi connectivity index (χ1v) is 6.19. The van der Waals surface area contributed by atoms with Crippen LogP contribution in [0.2, 0.25) is 0 Å². The summed E-state index contributed by atoms with van der Waals surface area (Å²) in [7, 11) is 1.85. The van der Waals surface area contributed by atoms with E-state index >= 15 is 0 Å². The molecule has 1 rings (SSSR count). The zero-order valence-electron chi connectivity index (χ0n) is 10.4. The van der Waals surface area contributed by atoms with Crippen LogP contribution in [0.5, 0.6) is 0 Å². The van der Waals surface area contributed by atoms with Crippen LogP contribution in [0.3, 0.4) is 0 Å². The highest BCUT2D eigenvalue weighted by atomic mass is 16.5. The van der Waals surface area contributed by atoms with Crippen molar-refractivity contribution in [3.8, 4) is 0 Å². The van der Waals surface area contributed by atoms with Crippen LogP contribution in [-0.2, 0) is 9.53 Å². The molecule has 0 bridgehead atoms. The number of carbonyl (C=O) groups excluding carboxylic acids is 1. The Morgan fingerprint density at radius 3 is 2.94 bits per heavy atom. The third-order valence-corrected chi connectivity index (χ3v) is 3.12. The number of hydrogen-bond acceptors (Lipinski definition) is 3. The number of ether oxygens (including phenoxy) is 1. The van der Waals surface area contributed by atoms with Crippen molar-refractivity contribution in [3.05, 3.63) is 0 Å². The van der Waals surface area contributed by atoms with Gasteiger partial charge in [0.1, 0.15) is 0 Å². The average Bonchev–Trinajstić information content (AvgIpc) is 2.78. The third-order valence-electron chi connectivity index (χ3n) is 3.12. The van der Waals surface area contributed by atoms with Crippen molar-refractivity contribution in [2.45, 2.75) is 38.7 Å². The van der Waals surface area contributed by atoms with Gasteiger partial charge in [-0.15, -0.1) is 0 Å². The summed E-state index contributed by atoms with van der Waals surface area (Å²) in [5.41, 5.74) is 5.54. The van der Waals surface area contributed by atoms with Crippen LogP contribution in [-0.4, -0.2) is 43.7 Å². The third kappa shape index (κ3) is 4.49. The maximum absolute atomic E-state index is 11.8. The lowest BCUT2D eigenvalue weighted by Gasteiger charge is -2.21. The number of rotatable bonds is 6. The molecule has 2 atom stereocenters. The van der Waals surface area contributed by atoms with E-state index in [0.717, 1.165) is 32.4 Å². The van der Waals surface area contributed by atoms with E-state index in [-0.39, 0.29) is 5.91 Å². The lowest BCUT2D eigenvalue weighted by Crippen LogP contribution is -2.33. The van der Waals surface area contributed by atoms with Crippen LogP contribution in [0.1, 0.15) is 32.6 Å². The van der Waals surface area contributed by atoms with Gasteiger partial charge in [-0.1, -0.05) is 6.92 Å². The van der Waals surface area contributed by atoms with Gasteiger partial charge in [0.25, 0.3) is 0 Å². The van der Waals surface area contributed by atoms with Crippen molar-refractivity contribution in [2.24, 2.45) is 11.7 Å². The number of nitrogens with zero attached hydrogens (tertiary/aromatic N) is 1. The van der Waals surface area contributed by atoms with Gasteiger partial charge in [-0.05, 0) is 31.7 Å². The predicted octanol–water partition coefficient (Wildman–Crippen LogP) is 0.999. The maximum atomic E-state index is 11.8. The van der Waals surface area contributed by atoms with Crippen LogP contribution in [0.25, 0.3) is 0 Å². The molecule has 0 aromatic carbocycles. The van der Waals surface area contributed by atoms with Gasteiger partial charge in [0.05, 0.1) is 6.10 Å². The molecule has 16 heavy (non-hydrogen) atoms. The summed E-state index contributed by atoms with van der Waals surface area (Å²) in [5, 5.41) is 0. The van der Waals surface area contributed by atoms with Gasteiger partial charge in [0, 0.05) is 26.6 Å². The normalized spacial score (nSPS) is 22.1. The highest BCUT2D eigenvalue weighted by Crippen LogP contribution is 2.17. The Kier molecular flexibility index (Phi) is 5.77. The molecule has 2 unspecified atom stereocenters. The Bertz CT molecular complexity index is 215. The highest BCUT2D eigenvalue weighted by molar-refractivity contribution is 5.75. The minimum atomic E-state index is 0.204. The van der Waals surface area contributed by atoms with Gasteiger partial charge >= 0.3 is 0 Å². The molecule has 4 heteroatoms. The first-order valence-electron chi connectivity index (χ1n) is 6.19. The van der Waals surface area contributed by atoms with E-state index in [1.54, 1.807) is 4.90 Å². The molecule has 0 aliphatic carbocycles. The summed E-state index contributed by atoms with van der Waals surface area (Å²) >= 11 is 0. The van der Waals surface area contributed by atoms with Gasteiger partial charge in [0.15, 0.2) is 0 Å². The second kappa shape index (κ2) is 6.86. The maximum Gasteiger partial charge on any atom is 0.222 e. The van der Waals surface area contributed by atoms with Gasteiger partial charge < -0.3 is 15.4 Å². The molecule has 0 aromatic heterocycles. The zero-order chi connectivity index (χ0) is 12.0. The van der Waals surface area contributed by atoms with Crippen molar-refractivity contribution in [1.82, 2.24) is 4.90 Å². The fourth-order valence-corrected chi connectivity index (χ4v) is 1.99. The van der Waals surface area contributed by atoms with Gasteiger partial charge in [-0.25, -0.2) is 0 Å². The van der Waals surface area contributed by atoms with E-state index in [2.05, 4.69) is 6.92 Å². The lowest BCUT2D eigenvalue weighted by molar-refractivity contribution is -0.131. The summed E-state index contributed by atoms with van der Waals surface area (Å²) in [4.78, 5) is 13.6. The molecule has 1 aliphatic rings. The summed E-state index contributed by atoms with van der Waals surface area (Å²) in [5.74, 6) is 0.576. The first-order chi connectivity index (χ1) is 7.63. The van der Waals surface area contributed by atoms with E-state index in [1.165, 1.54) is 0 Å². The van der Waals surface area contributed by atoms with E-state index in [9.17, 15) is 4.79 Å². The van der Waals surface area contributed by atoms with Crippen LogP contribution in [0, 0.1) is 5.92 Å². The Morgan fingerprint density at radius 1 is 1.62 bits per heavy atom. The Balaban J connectivity index is 2.17. The Labute approximate surface area is 98.1 Å². The second-order valence-electron chi connectivity index (χ2n) is 4.79. The molecule has 1 amide bonds. The van der Waals surface area contributed by atoms with E-state index in [4.69, 9.17) is 10.5 Å². The SMILES string of the molecule is CC(CN)CN(C)C(=O)CCC1CCCO1. The molecule has 2 N–H and O–H groups in total. The standard InChI is InChI=1S/C12H24N2O2/c1-10(8-13)9-14(2)12(15)6-5-11-4-3-7-16-11/h10-11H,3-9,13H2,1-2H3. The first kappa shape index (κ1) is 13.5. The van der Waals surface area contributed by atoms with Crippen LogP contribution < -0.4 is 5.73 Å². The van der Waals surface area contributed by atoms with Crippen molar-refractivity contribution >= 4 is 5.91 Å². The quantitative estimate of drug-likeness (QED) is 0.738. The molecule has 0 radical (unpaired) electrons. The molecule has 1 fully saturated rings. The fourth-order valence-electron chi connectivity index (χ4n) is 1.99. The lowest BCUT2D eigenvalue weighted by atomic mass is 10.1. The molecule has 0 spiro atoms. The molecule has 94 valence electrons. The minimum Gasteiger partial charge on any atom is -0.378 e. The monoisotopic (exact) mass is 228 g/mol. The average molecular weight is 228 g/mol. The second-order valence-corrected chi connectivity index (χ2v) is 4.79. The molecule has 4 nitrogen and oxygen atoms in total. The number of nitrogens with two attached hydrogens (primary N) is 1. The van der Waals surface area contributed by atoms with Crippen molar-refractivity contribution in [3.63, 3.8) is 0 Å². The van der Waals surface area contributed by atoms with Gasteiger partial charge in [-0.2, -0.15) is 0 Å². The van der Waals surface area contributed by atoms with Gasteiger partial charge in [-0.3, -0.25) is 4.79 Å². The summed E-state index contributed by atoms with van der Waals surface area (Å²) in [6, 6.07) is 0. The fraction of sp³-hybridized carbons (Fsp3) is 0.917. The van der Waals surface area contributed by atoms with E-state index in [1.807, 2.05) is 7.05 Å². The topological polar surface area (TPSA) is 55.6 Å². The van der Waals surface area contributed by atoms with Gasteiger partial charge in [0.2, 0.25) is 5.91 Å². The van der Waals surface area contributed by atoms with E-state index in [0.29, 0.717) is 25.0 Å². The number of carbonyl (C=O) groups is 1. The molecule has 1 heterocycles. The summed E-state index contributed by atoms with van der Waals surface area (Å²) in [6.07, 6.45) is 4.01. The van der Waals surface area contributed by atoms with Crippen molar-refractivity contribution < 1.29 is 9.53 Å². The largest absolute Gasteiger partial charge is 0.378 e. The predicted molar refractivity (Wildman–Crippen MR) is 64.1 cm³/mol. The summed E-state index contributed by atoms with van der Waals surface area (Å²) in [6.45, 7) is 4.30. The smallest absolute Gasteiger partial charge is 0.222 e.